The summed E-state index contributed by atoms with van der Waals surface area (Å²) in [6.45, 7) is 17.2. The minimum atomic E-state index is -0.556. The van der Waals surface area contributed by atoms with E-state index in [0.717, 1.165) is 18.3 Å². The molecule has 0 bridgehead atoms. The Morgan fingerprint density at radius 1 is 1.18 bits per heavy atom. The number of aromatic nitrogens is 1. The zero-order valence-electron chi connectivity index (χ0n) is 21.3. The normalized spacial score (nSPS) is 20.6. The second-order valence-corrected chi connectivity index (χ2v) is 11.1. The van der Waals surface area contributed by atoms with Crippen LogP contribution in [0.5, 0.6) is 0 Å². The zero-order chi connectivity index (χ0) is 24.6. The van der Waals surface area contributed by atoms with Gasteiger partial charge in [-0.3, -0.25) is 9.78 Å². The molecule has 0 unspecified atom stereocenters. The van der Waals surface area contributed by atoms with E-state index >= 15 is 0 Å². The van der Waals surface area contributed by atoms with Crippen LogP contribution in [0.1, 0.15) is 77.4 Å². The van der Waals surface area contributed by atoms with E-state index in [4.69, 9.17) is 14.0 Å². The first kappa shape index (κ1) is 25.5. The molecular weight excluding hydrogens is 421 g/mol. The molecule has 0 spiro atoms. The van der Waals surface area contributed by atoms with Gasteiger partial charge in [0.15, 0.2) is 0 Å². The monoisotopic (exact) mass is 459 g/mol. The number of hydrogen-bond acceptors (Lipinski definition) is 6. The van der Waals surface area contributed by atoms with Gasteiger partial charge in [-0.05, 0) is 80.2 Å². The lowest BCUT2D eigenvalue weighted by Gasteiger charge is -2.32. The van der Waals surface area contributed by atoms with Crippen molar-refractivity contribution in [2.75, 3.05) is 19.6 Å². The summed E-state index contributed by atoms with van der Waals surface area (Å²) >= 11 is 0. The molecular formula is C24H38BN3O5. The number of ether oxygens (including phenoxy) is 1. The fourth-order valence-corrected chi connectivity index (χ4v) is 3.93. The summed E-state index contributed by atoms with van der Waals surface area (Å²) in [6.07, 6.45) is 2.97. The Hall–Kier alpha value is -2.13. The topological polar surface area (TPSA) is 90.0 Å². The molecule has 2 amide bonds. The maximum absolute atomic E-state index is 13.3. The van der Waals surface area contributed by atoms with E-state index < -0.39 is 30.0 Å². The second kappa shape index (κ2) is 9.26. The molecule has 2 fully saturated rings. The highest BCUT2D eigenvalue weighted by Crippen LogP contribution is 2.36. The minimum Gasteiger partial charge on any atom is -0.444 e. The van der Waals surface area contributed by atoms with Crippen LogP contribution in [0.15, 0.2) is 12.3 Å². The van der Waals surface area contributed by atoms with Gasteiger partial charge >= 0.3 is 13.2 Å². The Morgan fingerprint density at radius 2 is 1.76 bits per heavy atom. The number of aryl methyl sites for hydroxylation is 1. The first-order chi connectivity index (χ1) is 15.2. The molecule has 2 aliphatic heterocycles. The average molecular weight is 459 g/mol. The number of pyridine rings is 1. The van der Waals surface area contributed by atoms with Crippen molar-refractivity contribution in [3.05, 3.63) is 23.5 Å². The van der Waals surface area contributed by atoms with E-state index in [9.17, 15) is 9.59 Å². The fourth-order valence-electron chi connectivity index (χ4n) is 3.93. The molecule has 0 atom stereocenters. The van der Waals surface area contributed by atoms with E-state index in [-0.39, 0.29) is 5.91 Å². The molecule has 0 radical (unpaired) electrons. The van der Waals surface area contributed by atoms with Crippen LogP contribution in [-0.2, 0) is 14.0 Å². The number of carbonyl (C=O) groups excluding carboxylic acids is 2. The number of nitrogens with one attached hydrogen (secondary N) is 1. The largest absolute Gasteiger partial charge is 0.496 e. The van der Waals surface area contributed by atoms with Crippen LogP contribution in [0.3, 0.4) is 0 Å². The predicted octanol–water partition coefficient (Wildman–Crippen LogP) is 3.07. The summed E-state index contributed by atoms with van der Waals surface area (Å²) in [5, 5.41) is 2.84. The van der Waals surface area contributed by atoms with Crippen molar-refractivity contribution in [3.8, 4) is 0 Å². The van der Waals surface area contributed by atoms with Gasteiger partial charge in [0.2, 0.25) is 0 Å². The molecule has 0 aromatic carbocycles. The number of alkyl carbamates (subject to hydrolysis) is 1. The van der Waals surface area contributed by atoms with Gasteiger partial charge in [0, 0.05) is 37.0 Å². The highest BCUT2D eigenvalue weighted by atomic mass is 16.7. The molecule has 1 aromatic heterocycles. The molecule has 1 N–H and O–H groups in total. The van der Waals surface area contributed by atoms with Gasteiger partial charge in [0.25, 0.3) is 5.91 Å². The molecule has 9 heteroatoms. The van der Waals surface area contributed by atoms with Crippen LogP contribution in [0, 0.1) is 12.8 Å². The van der Waals surface area contributed by atoms with Gasteiger partial charge in [0.1, 0.15) is 5.60 Å². The minimum absolute atomic E-state index is 0.0306. The molecule has 33 heavy (non-hydrogen) atoms. The summed E-state index contributed by atoms with van der Waals surface area (Å²) in [7, 11) is -0.556. The Bertz CT molecular complexity index is 873. The van der Waals surface area contributed by atoms with Crippen LogP contribution in [0.2, 0.25) is 0 Å². The first-order valence-electron chi connectivity index (χ1n) is 11.8. The van der Waals surface area contributed by atoms with Gasteiger partial charge in [-0.1, -0.05) is 0 Å². The van der Waals surface area contributed by atoms with Crippen molar-refractivity contribution in [1.29, 1.82) is 0 Å². The van der Waals surface area contributed by atoms with E-state index in [1.807, 2.05) is 66.4 Å². The summed E-state index contributed by atoms with van der Waals surface area (Å²) < 4.78 is 17.6. The predicted molar refractivity (Wildman–Crippen MR) is 128 cm³/mol. The highest BCUT2D eigenvalue weighted by molar-refractivity contribution is 6.62. The van der Waals surface area contributed by atoms with Crippen LogP contribution >= 0.6 is 0 Å². The van der Waals surface area contributed by atoms with Crippen LogP contribution in [0.4, 0.5) is 4.79 Å². The molecule has 182 valence electrons. The molecule has 3 heterocycles. The molecule has 0 aliphatic carbocycles. The molecule has 2 aliphatic rings. The van der Waals surface area contributed by atoms with Crippen molar-refractivity contribution < 1.29 is 23.6 Å². The number of amides is 2. The maximum atomic E-state index is 13.3. The lowest BCUT2D eigenvalue weighted by atomic mass is 9.79. The second-order valence-electron chi connectivity index (χ2n) is 11.1. The number of rotatable bonds is 4. The number of likely N-dealkylation sites (tertiary alicyclic amines) is 1. The van der Waals surface area contributed by atoms with E-state index in [2.05, 4.69) is 10.3 Å². The lowest BCUT2D eigenvalue weighted by Crippen LogP contribution is -2.43. The van der Waals surface area contributed by atoms with Crippen molar-refractivity contribution in [2.24, 2.45) is 5.92 Å². The van der Waals surface area contributed by atoms with Gasteiger partial charge in [-0.15, -0.1) is 0 Å². The van der Waals surface area contributed by atoms with E-state index in [0.29, 0.717) is 36.8 Å². The van der Waals surface area contributed by atoms with E-state index in [1.165, 1.54) is 0 Å². The lowest BCUT2D eigenvalue weighted by molar-refractivity contribution is 0.00578. The molecule has 0 saturated carbocycles. The summed E-state index contributed by atoms with van der Waals surface area (Å²) in [5.41, 5.74) is 0.588. The highest BCUT2D eigenvalue weighted by Gasteiger charge is 2.52. The smallest absolute Gasteiger partial charge is 0.444 e. The quantitative estimate of drug-likeness (QED) is 0.697. The Labute approximate surface area is 197 Å². The zero-order valence-corrected chi connectivity index (χ0v) is 21.3. The fraction of sp³-hybridized carbons (Fsp3) is 0.708. The average Bonchev–Trinajstić information content (AvgIpc) is 2.92. The molecule has 3 rings (SSSR count). The summed E-state index contributed by atoms with van der Waals surface area (Å²) in [6, 6.07) is 1.85. The van der Waals surface area contributed by atoms with Gasteiger partial charge in [0.05, 0.1) is 16.8 Å². The summed E-state index contributed by atoms with van der Waals surface area (Å²) in [4.78, 5) is 31.5. The number of hydrogen-bond donors (Lipinski definition) is 1. The van der Waals surface area contributed by atoms with Gasteiger partial charge in [-0.2, -0.15) is 0 Å². The number of nitrogens with zero attached hydrogens (tertiary/aromatic N) is 2. The third kappa shape index (κ3) is 6.06. The SMILES string of the molecule is Cc1ncc(B2OC(C)(C)C(C)(C)O2)cc1C(=O)N1CCC(CNC(=O)OC(C)(C)C)CC1. The third-order valence-corrected chi connectivity index (χ3v) is 6.70. The summed E-state index contributed by atoms with van der Waals surface area (Å²) in [5.74, 6) is 0.286. The standard InChI is InChI=1S/C24H38BN3O5/c1-16-19(13-18(15-26-16)25-32-23(5,6)24(7,8)33-25)20(29)28-11-9-17(10-12-28)14-27-21(30)31-22(2,3)4/h13,15,17H,9-12,14H2,1-8H3,(H,27,30). The molecule has 1 aromatic rings. The Morgan fingerprint density at radius 3 is 2.30 bits per heavy atom. The van der Waals surface area contributed by atoms with Gasteiger partial charge < -0.3 is 24.3 Å². The van der Waals surface area contributed by atoms with Crippen LogP contribution < -0.4 is 10.8 Å². The Balaban J connectivity index is 1.59. The van der Waals surface area contributed by atoms with Crippen molar-refractivity contribution in [3.63, 3.8) is 0 Å². The first-order valence-corrected chi connectivity index (χ1v) is 11.8. The Kier molecular flexibility index (Phi) is 7.15. The van der Waals surface area contributed by atoms with Crippen molar-refractivity contribution >= 4 is 24.6 Å². The number of piperidine rings is 1. The number of carbonyl (C=O) groups is 2. The third-order valence-electron chi connectivity index (χ3n) is 6.70. The van der Waals surface area contributed by atoms with Crippen LogP contribution in [-0.4, -0.2) is 65.4 Å². The van der Waals surface area contributed by atoms with E-state index in [1.54, 1.807) is 6.20 Å². The molecule has 8 nitrogen and oxygen atoms in total. The van der Waals surface area contributed by atoms with Crippen molar-refractivity contribution in [1.82, 2.24) is 15.2 Å². The molecule has 2 saturated heterocycles. The van der Waals surface area contributed by atoms with Crippen LogP contribution in [0.25, 0.3) is 0 Å². The van der Waals surface area contributed by atoms with Gasteiger partial charge in [-0.25, -0.2) is 4.79 Å². The maximum Gasteiger partial charge on any atom is 0.496 e. The van der Waals surface area contributed by atoms with Crippen molar-refractivity contribution in [2.45, 2.75) is 85.0 Å².